The maximum atomic E-state index is 13.6. The minimum Gasteiger partial charge on any atom is -0.0622 e. The number of pyridine rings is 3. The van der Waals surface area contributed by atoms with E-state index in [1.165, 1.54) is 85.3 Å². The molecule has 0 aliphatic carbocycles. The van der Waals surface area contributed by atoms with Gasteiger partial charge in [0, 0.05) is 146 Å². The van der Waals surface area contributed by atoms with Crippen LogP contribution in [0, 0.1) is 17.5 Å². The van der Waals surface area contributed by atoms with Crippen LogP contribution >= 0.6 is 50.8 Å². The van der Waals surface area contributed by atoms with Crippen molar-refractivity contribution < 1.29 is 108 Å². The number of likely N-dealkylation sites (tertiary alicyclic amines) is 3. The van der Waals surface area contributed by atoms with E-state index in [4.69, 9.17) is 23.8 Å². The number of ether oxygens (including phenoxy) is 2. The van der Waals surface area contributed by atoms with Crippen molar-refractivity contribution in [3.63, 3.8) is 0 Å². The Morgan fingerprint density at radius 1 is 0.393 bits per heavy atom. The maximum absolute atomic E-state index is 13.6. The van der Waals surface area contributed by atoms with Crippen molar-refractivity contribution >= 4 is 106 Å². The Morgan fingerprint density at radius 3 is 0.936 bits per heavy atom. The third-order valence-electron chi connectivity index (χ3n) is 24.7. The Balaban J connectivity index is 0.000000163. The Kier molecular flexibility index (Phi) is 46.1. The van der Waals surface area contributed by atoms with Crippen LogP contribution in [0.4, 0.5) is 26.1 Å². The van der Waals surface area contributed by atoms with Crippen molar-refractivity contribution in [3.05, 3.63) is 378 Å². The third kappa shape index (κ3) is 35.3. The van der Waals surface area contributed by atoms with Gasteiger partial charge in [0.1, 0.15) is 17.5 Å². The number of nitrogens with one attached hydrogen (secondary N) is 3. The van der Waals surface area contributed by atoms with E-state index >= 15 is 0 Å². The molecule has 9 heterocycles. The largest absolute Gasteiger partial charge is 1.00 e. The average Bonchev–Trinajstić information content (AvgIpc) is 1.64. The second kappa shape index (κ2) is 57.3. The van der Waals surface area contributed by atoms with Gasteiger partial charge in [-0.1, -0.05) is 221 Å². The van der Waals surface area contributed by atoms with Crippen LogP contribution < -0.4 is 83.2 Å². The van der Waals surface area contributed by atoms with Gasteiger partial charge in [0.15, 0.2) is 0 Å². The summed E-state index contributed by atoms with van der Waals surface area (Å²) >= 11 is 3.52. The monoisotopic (exact) mass is 2180 g/mol. The van der Waals surface area contributed by atoms with Crippen molar-refractivity contribution in [1.29, 1.82) is 0 Å². The number of aromatic amines is 3. The number of piperidine rings is 3. The normalized spacial score (nSPS) is 14.0. The van der Waals surface area contributed by atoms with Crippen LogP contribution in [0.2, 0.25) is 51.4 Å². The van der Waals surface area contributed by atoms with E-state index in [1.807, 2.05) is 55.0 Å². The number of hydrogen-bond donors (Lipinski definition) is 4. The van der Waals surface area contributed by atoms with E-state index in [0.29, 0.717) is 24.4 Å². The first-order valence-corrected chi connectivity index (χ1v) is 62.2. The molecule has 3 fully saturated rings. The number of nitrogens with zero attached hydrogens (tertiary/aromatic N) is 6. The molecule has 0 atom stereocenters. The summed E-state index contributed by atoms with van der Waals surface area (Å²) in [6.45, 7) is 15.7. The summed E-state index contributed by atoms with van der Waals surface area (Å²) in [5.41, 5.74) is 18.0. The summed E-state index contributed by atoms with van der Waals surface area (Å²) in [7, 11) is 12.9. The standard InChI is InChI=1S/C27H36FN3OSi.C22H24FN3O.C21H21BrFN3.2C18H15P.C6H15BF3OSi.2ClH.K.Pd/c1-31-13-10-20(11-14-31)26-17-25(27(30-26)21-5-7-23(28)8-6-21)24-9-12-29-18-22(24)19-32-15-16-33(2,3)4;1-26-10-7-15(8-11-26)21-12-20(19-6-9-24-13-17(19)14-27)22(25-21)16-2-4-18(23)5-3-16;1-26-10-7-14(8-11-26)20-12-18(17-6-9-24-13-19(17)22)21(25-20)15-2-4-16(23)5-3-15;2*1-4-10-16(11-5-1)19(17-12-6-2-7-13-17)18-14-8-3-9-15-18;1-12(2,3)5-4-11-6-7(8,9)10;;;;/h5-9,12,17-18,20,30H,10-11,13-16,19H2,1-4H3;2-6,9,12-13,15,25,27H,7-8,10-11,14H2,1H3;2-6,9,12-14,25H,7-8,10-11H2,1H3;2*1-15H;4-6H2,1-3H3;2*1H;;/q;;;;;-1;;;+1;+2/p-2. The SMILES string of the molecule is CN1CCC(c2cc(-c3ccncc3Br)c(-c3ccc(F)cc3)[nH]2)CC1.CN1CCC(c2cc(-c3ccncc3CO)c(-c3ccc(F)cc3)[nH]2)CC1.CN1CCC(c2cc(-c3ccncc3COCC[Si](C)(C)C)c(-c3ccc(F)cc3)[nH]2)CC1.C[Si](C)(C)CCOC[B-](F)(F)F.[Cl][Pd][Cl].[K+].c1ccc(P(c2ccccc2)c2ccccc2)cc1.c1ccc(P(c2ccccc2)c2ccccc2)cc1. The van der Waals surface area contributed by atoms with Crippen LogP contribution in [0.5, 0.6) is 0 Å². The number of rotatable bonds is 26. The Labute approximate surface area is 895 Å². The second-order valence-corrected chi connectivity index (χ2v) is 56.5. The zero-order chi connectivity index (χ0) is 98.7. The van der Waals surface area contributed by atoms with Crippen LogP contribution in [0.1, 0.15) is 84.5 Å². The summed E-state index contributed by atoms with van der Waals surface area (Å²) in [5.74, 6) is 0.827. The van der Waals surface area contributed by atoms with E-state index in [-0.39, 0.29) is 98.0 Å². The summed E-state index contributed by atoms with van der Waals surface area (Å²) in [6.07, 6.45) is 17.6. The minimum absolute atomic E-state index is 0. The number of H-pyrrole nitrogens is 3. The molecule has 732 valence electrons. The summed E-state index contributed by atoms with van der Waals surface area (Å²) in [5, 5.41) is 18.1. The molecule has 6 aromatic heterocycles. The van der Waals surface area contributed by atoms with Crippen LogP contribution in [0.15, 0.2) is 333 Å². The molecular weight excluding hydrogens is 2060 g/mol. The molecule has 0 unspecified atom stereocenters. The molecule has 0 saturated carbocycles. The van der Waals surface area contributed by atoms with E-state index < -0.39 is 45.5 Å². The predicted octanol–water partition coefficient (Wildman–Crippen LogP) is 24.2. The molecule has 0 bridgehead atoms. The van der Waals surface area contributed by atoms with Gasteiger partial charge in [-0.25, -0.2) is 13.2 Å². The second-order valence-electron chi connectivity index (χ2n) is 37.6. The first-order valence-electron chi connectivity index (χ1n) is 47.3. The predicted molar refractivity (Wildman–Crippen MR) is 578 cm³/mol. The first kappa shape index (κ1) is 113. The van der Waals surface area contributed by atoms with Gasteiger partial charge >= 0.3 is 93.4 Å². The molecule has 3 aliphatic heterocycles. The zero-order valence-corrected chi connectivity index (χ0v) is 93.0. The zero-order valence-electron chi connectivity index (χ0n) is 81.5. The van der Waals surface area contributed by atoms with E-state index in [0.717, 1.165) is 179 Å². The number of aliphatic hydroxyl groups is 1. The van der Waals surface area contributed by atoms with Gasteiger partial charge < -0.3 is 57.2 Å². The maximum Gasteiger partial charge on any atom is 1.00 e. The molecular formula is C112H126BBrCl2F6KN9O3P2PdSi2. The van der Waals surface area contributed by atoms with Gasteiger partial charge in [-0.3, -0.25) is 15.0 Å². The van der Waals surface area contributed by atoms with E-state index in [9.17, 15) is 31.2 Å². The summed E-state index contributed by atoms with van der Waals surface area (Å²) in [4.78, 5) is 30.8. The van der Waals surface area contributed by atoms with Gasteiger partial charge in [0.2, 0.25) is 0 Å². The summed E-state index contributed by atoms with van der Waals surface area (Å²) in [6, 6.07) is 99.4. The Morgan fingerprint density at radius 2 is 0.657 bits per heavy atom. The Hall–Kier alpha value is -7.67. The third-order valence-corrected chi connectivity index (χ3v) is 33.6. The fraction of sp³-hybridized carbons (Fsp3) is 0.277. The number of aromatic nitrogens is 6. The number of halogens is 9. The molecule has 12 nitrogen and oxygen atoms in total. The van der Waals surface area contributed by atoms with Gasteiger partial charge in [-0.15, -0.1) is 0 Å². The van der Waals surface area contributed by atoms with Crippen molar-refractivity contribution in [2.75, 3.05) is 80.1 Å². The van der Waals surface area contributed by atoms with Crippen LogP contribution in [0.3, 0.4) is 0 Å². The number of hydrogen-bond acceptors (Lipinski definition) is 9. The molecule has 4 N–H and O–H groups in total. The first-order chi connectivity index (χ1) is 67.1. The molecule has 0 spiro atoms. The average molecular weight is 2190 g/mol. The van der Waals surface area contributed by atoms with Gasteiger partial charge in [0.05, 0.1) is 30.3 Å². The quantitative estimate of drug-likeness (QED) is 0.0181. The molecule has 3 aliphatic rings. The Bertz CT molecular complexity index is 5820. The fourth-order valence-electron chi connectivity index (χ4n) is 16.9. The van der Waals surface area contributed by atoms with Crippen molar-refractivity contribution in [2.24, 2.45) is 0 Å². The molecule has 140 heavy (non-hydrogen) atoms. The van der Waals surface area contributed by atoms with Crippen LogP contribution in [0.25, 0.3) is 67.2 Å². The summed E-state index contributed by atoms with van der Waals surface area (Å²) < 4.78 is 86.9. The van der Waals surface area contributed by atoms with Gasteiger partial charge in [-0.2, -0.15) is 0 Å². The van der Waals surface area contributed by atoms with Crippen molar-refractivity contribution in [2.45, 2.75) is 121 Å². The molecule has 28 heteroatoms. The fourth-order valence-corrected chi connectivity index (χ4v) is 23.5. The van der Waals surface area contributed by atoms with Crippen molar-refractivity contribution in [3.8, 4) is 67.2 Å². The topological polar surface area (TPSA) is 134 Å². The number of benzene rings is 9. The van der Waals surface area contributed by atoms with E-state index in [2.05, 4.69) is 332 Å². The molecule has 0 amide bonds. The molecule has 18 rings (SSSR count). The number of aliphatic hydroxyl groups excluding tert-OH is 1. The van der Waals surface area contributed by atoms with Gasteiger partial charge in [-0.05, 0) is 312 Å². The van der Waals surface area contributed by atoms with Crippen molar-refractivity contribution in [1.82, 2.24) is 44.6 Å². The van der Waals surface area contributed by atoms with E-state index in [1.54, 1.807) is 30.7 Å². The van der Waals surface area contributed by atoms with Gasteiger partial charge in [0.25, 0.3) is 0 Å². The van der Waals surface area contributed by atoms with Crippen LogP contribution in [-0.2, 0) is 38.6 Å². The molecule has 3 saturated heterocycles. The molecule has 15 aromatic rings. The van der Waals surface area contributed by atoms with Crippen LogP contribution in [-0.4, -0.2) is 153 Å². The minimum atomic E-state index is -4.76. The smallest absolute Gasteiger partial charge is 0.0622 e. The molecule has 9 aromatic carbocycles. The molecule has 0 radical (unpaired) electrons.